The number of rotatable bonds is 10. The normalized spacial score (nSPS) is 10.7. The lowest BCUT2D eigenvalue weighted by molar-refractivity contribution is 0.103. The summed E-state index contributed by atoms with van der Waals surface area (Å²) < 4.78 is 6.02. The first kappa shape index (κ1) is 21.3. The van der Waals surface area contributed by atoms with Crippen molar-refractivity contribution in [2.24, 2.45) is 0 Å². The van der Waals surface area contributed by atoms with Crippen LogP contribution in [-0.2, 0) is 6.42 Å². The van der Waals surface area contributed by atoms with Gasteiger partial charge in [-0.05, 0) is 53.3 Å². The minimum absolute atomic E-state index is 0.126. The molecule has 0 atom stereocenters. The van der Waals surface area contributed by atoms with E-state index in [0.29, 0.717) is 28.6 Å². The Morgan fingerprint density at radius 2 is 2.07 bits per heavy atom. The number of benzene rings is 1. The maximum atomic E-state index is 12.7. The van der Waals surface area contributed by atoms with Crippen LogP contribution in [0.4, 0.5) is 5.69 Å². The molecule has 0 aliphatic rings. The van der Waals surface area contributed by atoms with Crippen molar-refractivity contribution in [1.82, 2.24) is 4.98 Å². The molecule has 3 rings (SSSR count). The molecule has 4 nitrogen and oxygen atoms in total. The Labute approximate surface area is 180 Å². The van der Waals surface area contributed by atoms with E-state index in [9.17, 15) is 4.79 Å². The van der Waals surface area contributed by atoms with Gasteiger partial charge in [0.15, 0.2) is 0 Å². The molecule has 29 heavy (non-hydrogen) atoms. The summed E-state index contributed by atoms with van der Waals surface area (Å²) in [6.45, 7) is 2.87. The molecule has 0 bridgehead atoms. The molecule has 0 spiro atoms. The van der Waals surface area contributed by atoms with E-state index < -0.39 is 0 Å². The molecule has 0 radical (unpaired) electrons. The number of halogens is 1. The number of carbonyl (C=O) groups excluding carboxylic acids is 1. The smallest absolute Gasteiger partial charge is 0.266 e. The van der Waals surface area contributed by atoms with Crippen molar-refractivity contribution in [3.63, 3.8) is 0 Å². The van der Waals surface area contributed by atoms with Gasteiger partial charge in [-0.15, -0.1) is 11.3 Å². The summed E-state index contributed by atoms with van der Waals surface area (Å²) >= 11 is 7.62. The SMILES string of the molecule is CCCCCCOc1cc(Cl)ccc1Cc1ccsc1C(=O)Nc1cccnc1. The molecule has 2 aromatic heterocycles. The number of thiophene rings is 1. The van der Waals surface area contributed by atoms with Gasteiger partial charge in [0, 0.05) is 17.6 Å². The molecule has 3 aromatic rings. The number of nitrogens with zero attached hydrogens (tertiary/aromatic N) is 1. The highest BCUT2D eigenvalue weighted by Gasteiger charge is 2.16. The predicted octanol–water partition coefficient (Wildman–Crippen LogP) is 6.60. The van der Waals surface area contributed by atoms with Crippen LogP contribution in [0.3, 0.4) is 0 Å². The largest absolute Gasteiger partial charge is 0.493 e. The zero-order valence-electron chi connectivity index (χ0n) is 16.5. The van der Waals surface area contributed by atoms with Gasteiger partial charge in [0.05, 0.1) is 23.4 Å². The number of anilines is 1. The molecule has 0 unspecified atom stereocenters. The fourth-order valence-electron chi connectivity index (χ4n) is 3.02. The lowest BCUT2D eigenvalue weighted by Crippen LogP contribution is -2.12. The van der Waals surface area contributed by atoms with Gasteiger partial charge in [0.25, 0.3) is 5.91 Å². The van der Waals surface area contributed by atoms with E-state index in [0.717, 1.165) is 29.7 Å². The van der Waals surface area contributed by atoms with Gasteiger partial charge in [0.2, 0.25) is 0 Å². The summed E-state index contributed by atoms with van der Waals surface area (Å²) in [6.07, 6.45) is 8.53. The van der Waals surface area contributed by atoms with Crippen LogP contribution in [0.5, 0.6) is 5.75 Å². The molecule has 152 valence electrons. The van der Waals surface area contributed by atoms with Crippen molar-refractivity contribution in [3.05, 3.63) is 75.2 Å². The van der Waals surface area contributed by atoms with Gasteiger partial charge in [0.1, 0.15) is 5.75 Å². The molecule has 2 heterocycles. The molecule has 0 saturated carbocycles. The molecular weight excluding hydrogens is 404 g/mol. The number of carbonyl (C=O) groups is 1. The van der Waals surface area contributed by atoms with Crippen LogP contribution in [-0.4, -0.2) is 17.5 Å². The van der Waals surface area contributed by atoms with Crippen molar-refractivity contribution in [2.45, 2.75) is 39.0 Å². The van der Waals surface area contributed by atoms with Crippen molar-refractivity contribution in [1.29, 1.82) is 0 Å². The van der Waals surface area contributed by atoms with Gasteiger partial charge < -0.3 is 10.1 Å². The van der Waals surface area contributed by atoms with Gasteiger partial charge in [-0.25, -0.2) is 0 Å². The van der Waals surface area contributed by atoms with E-state index in [4.69, 9.17) is 16.3 Å². The van der Waals surface area contributed by atoms with E-state index in [-0.39, 0.29) is 5.91 Å². The fraction of sp³-hybridized carbons (Fsp3) is 0.304. The first-order valence-corrected chi connectivity index (χ1v) is 11.1. The quantitative estimate of drug-likeness (QED) is 0.370. The topological polar surface area (TPSA) is 51.2 Å². The maximum Gasteiger partial charge on any atom is 0.266 e. The predicted molar refractivity (Wildman–Crippen MR) is 120 cm³/mol. The average molecular weight is 429 g/mol. The van der Waals surface area contributed by atoms with Crippen molar-refractivity contribution in [3.8, 4) is 5.75 Å². The molecule has 0 aliphatic heterocycles. The average Bonchev–Trinajstić information content (AvgIpc) is 3.19. The Bertz CT molecular complexity index is 928. The fourth-order valence-corrected chi connectivity index (χ4v) is 4.00. The van der Waals surface area contributed by atoms with Crippen LogP contribution < -0.4 is 10.1 Å². The first-order valence-electron chi connectivity index (χ1n) is 9.86. The van der Waals surface area contributed by atoms with Crippen molar-refractivity contribution >= 4 is 34.5 Å². The molecule has 1 N–H and O–H groups in total. The van der Waals surface area contributed by atoms with E-state index in [2.05, 4.69) is 17.2 Å². The molecule has 0 saturated heterocycles. The molecule has 1 amide bonds. The minimum Gasteiger partial charge on any atom is -0.493 e. The second-order valence-electron chi connectivity index (χ2n) is 6.81. The van der Waals surface area contributed by atoms with Crippen LogP contribution in [0, 0.1) is 0 Å². The van der Waals surface area contributed by atoms with Crippen LogP contribution >= 0.6 is 22.9 Å². The third kappa shape index (κ3) is 6.31. The lowest BCUT2D eigenvalue weighted by atomic mass is 10.0. The summed E-state index contributed by atoms with van der Waals surface area (Å²) in [7, 11) is 0. The van der Waals surface area contributed by atoms with Crippen molar-refractivity contribution < 1.29 is 9.53 Å². The Balaban J connectivity index is 1.70. The first-order chi connectivity index (χ1) is 14.2. The molecule has 0 fully saturated rings. The monoisotopic (exact) mass is 428 g/mol. The van der Waals surface area contributed by atoms with E-state index in [1.54, 1.807) is 18.5 Å². The summed E-state index contributed by atoms with van der Waals surface area (Å²) in [4.78, 5) is 17.4. The molecule has 0 aliphatic carbocycles. The van der Waals surface area contributed by atoms with E-state index >= 15 is 0 Å². The number of hydrogen-bond donors (Lipinski definition) is 1. The lowest BCUT2D eigenvalue weighted by Gasteiger charge is -2.13. The van der Waals surface area contributed by atoms with E-state index in [1.807, 2.05) is 35.7 Å². The molecular formula is C23H25ClN2O2S. The third-order valence-electron chi connectivity index (χ3n) is 4.54. The molecule has 6 heteroatoms. The van der Waals surface area contributed by atoms with Crippen LogP contribution in [0.15, 0.2) is 54.2 Å². The minimum atomic E-state index is -0.126. The Morgan fingerprint density at radius 1 is 1.17 bits per heavy atom. The number of amides is 1. The maximum absolute atomic E-state index is 12.7. The summed E-state index contributed by atoms with van der Waals surface area (Å²) in [5.74, 6) is 0.665. The highest BCUT2D eigenvalue weighted by molar-refractivity contribution is 7.12. The number of hydrogen-bond acceptors (Lipinski definition) is 4. The van der Waals surface area contributed by atoms with Gasteiger partial charge in [-0.1, -0.05) is 43.9 Å². The number of pyridine rings is 1. The summed E-state index contributed by atoms with van der Waals surface area (Å²) in [6, 6.07) is 11.3. The second kappa shape index (κ2) is 11.0. The number of ether oxygens (including phenoxy) is 1. The van der Waals surface area contributed by atoms with Crippen LogP contribution in [0.2, 0.25) is 5.02 Å². The second-order valence-corrected chi connectivity index (χ2v) is 8.16. The Morgan fingerprint density at radius 3 is 2.86 bits per heavy atom. The standard InChI is InChI=1S/C23H25ClN2O2S/c1-2-3-4-5-12-28-21-15-19(24)9-8-17(21)14-18-10-13-29-22(18)23(27)26-20-7-6-11-25-16-20/h6-11,13,15-16H,2-5,12,14H2,1H3,(H,26,27). The van der Waals surface area contributed by atoms with E-state index in [1.165, 1.54) is 24.2 Å². The zero-order valence-corrected chi connectivity index (χ0v) is 18.1. The molecule has 1 aromatic carbocycles. The Hall–Kier alpha value is -2.37. The highest BCUT2D eigenvalue weighted by Crippen LogP contribution is 2.29. The summed E-state index contributed by atoms with van der Waals surface area (Å²) in [5, 5.41) is 5.49. The van der Waals surface area contributed by atoms with Crippen molar-refractivity contribution in [2.75, 3.05) is 11.9 Å². The zero-order chi connectivity index (χ0) is 20.5. The Kier molecular flexibility index (Phi) is 8.08. The van der Waals surface area contributed by atoms with Crippen LogP contribution in [0.25, 0.3) is 0 Å². The summed E-state index contributed by atoms with van der Waals surface area (Å²) in [5.41, 5.74) is 2.67. The number of nitrogens with one attached hydrogen (secondary N) is 1. The number of aromatic nitrogens is 1. The van der Waals surface area contributed by atoms with Gasteiger partial charge in [-0.3, -0.25) is 9.78 Å². The third-order valence-corrected chi connectivity index (χ3v) is 5.73. The van der Waals surface area contributed by atoms with Gasteiger partial charge in [-0.2, -0.15) is 0 Å². The van der Waals surface area contributed by atoms with Crippen LogP contribution in [0.1, 0.15) is 53.4 Å². The number of unbranched alkanes of at least 4 members (excludes halogenated alkanes) is 3. The van der Waals surface area contributed by atoms with Gasteiger partial charge >= 0.3 is 0 Å². The highest BCUT2D eigenvalue weighted by atomic mass is 35.5.